The zero-order chi connectivity index (χ0) is 13.9. The Morgan fingerprint density at radius 1 is 1.00 bits per heavy atom. The van der Waals surface area contributed by atoms with Crippen LogP contribution in [-0.2, 0) is 12.6 Å². The largest absolute Gasteiger partial charge is 0.433 e. The number of rotatable bonds is 3. The highest BCUT2D eigenvalue weighted by atomic mass is 79.9. The predicted octanol–water partition coefficient (Wildman–Crippen LogP) is 4.78. The first-order valence-corrected chi connectivity index (χ1v) is 6.60. The van der Waals surface area contributed by atoms with E-state index >= 15 is 0 Å². The van der Waals surface area contributed by atoms with Crippen LogP contribution in [0.2, 0.25) is 0 Å². The predicted molar refractivity (Wildman–Crippen MR) is 71.1 cm³/mol. The Balaban J connectivity index is 2.16. The van der Waals surface area contributed by atoms with Crippen molar-refractivity contribution in [2.45, 2.75) is 17.4 Å². The maximum Gasteiger partial charge on any atom is 0.433 e. The summed E-state index contributed by atoms with van der Waals surface area (Å²) in [6.07, 6.45) is -3.99. The number of benzene rings is 1. The molecule has 0 aliphatic carbocycles. The Hall–Kier alpha value is -1.36. The molecule has 19 heavy (non-hydrogen) atoms. The summed E-state index contributed by atoms with van der Waals surface area (Å²) in [5, 5.41) is 0. The van der Waals surface area contributed by atoms with Gasteiger partial charge in [0.15, 0.2) is 0 Å². The molecule has 1 heterocycles. The van der Waals surface area contributed by atoms with Gasteiger partial charge in [-0.1, -0.05) is 52.3 Å². The molecule has 0 aliphatic heterocycles. The zero-order valence-electron chi connectivity index (χ0n) is 9.86. The second-order valence-electron chi connectivity index (χ2n) is 4.09. The van der Waals surface area contributed by atoms with E-state index in [0.717, 1.165) is 11.6 Å². The summed E-state index contributed by atoms with van der Waals surface area (Å²) < 4.78 is 37.7. The molecule has 0 aliphatic rings. The number of aromatic nitrogens is 1. The van der Waals surface area contributed by atoms with Crippen molar-refractivity contribution in [1.29, 1.82) is 0 Å². The van der Waals surface area contributed by atoms with E-state index in [4.69, 9.17) is 0 Å². The SMILES string of the molecule is FC(F)(F)c1cccc(CC(Br)c2ccccc2)n1. The van der Waals surface area contributed by atoms with Gasteiger partial charge in [-0.15, -0.1) is 0 Å². The van der Waals surface area contributed by atoms with Crippen LogP contribution >= 0.6 is 15.9 Å². The molecule has 1 nitrogen and oxygen atoms in total. The Morgan fingerprint density at radius 3 is 2.32 bits per heavy atom. The first-order chi connectivity index (χ1) is 8.97. The Labute approximate surface area is 117 Å². The summed E-state index contributed by atoms with van der Waals surface area (Å²) in [4.78, 5) is 3.60. The van der Waals surface area contributed by atoms with E-state index in [1.165, 1.54) is 6.07 Å². The van der Waals surface area contributed by atoms with Crippen molar-refractivity contribution >= 4 is 15.9 Å². The molecular formula is C14H11BrF3N. The molecule has 0 saturated heterocycles. The van der Waals surface area contributed by atoms with Gasteiger partial charge in [0.25, 0.3) is 0 Å². The minimum absolute atomic E-state index is 0.0512. The molecule has 1 atom stereocenters. The van der Waals surface area contributed by atoms with Crippen molar-refractivity contribution < 1.29 is 13.2 Å². The molecule has 1 aromatic carbocycles. The molecule has 1 unspecified atom stereocenters. The lowest BCUT2D eigenvalue weighted by atomic mass is 10.1. The molecule has 2 rings (SSSR count). The van der Waals surface area contributed by atoms with Gasteiger partial charge in [-0.05, 0) is 17.7 Å². The number of nitrogens with zero attached hydrogens (tertiary/aromatic N) is 1. The van der Waals surface area contributed by atoms with Gasteiger partial charge in [0, 0.05) is 16.9 Å². The Bertz CT molecular complexity index is 540. The van der Waals surface area contributed by atoms with Gasteiger partial charge in [0.2, 0.25) is 0 Å². The van der Waals surface area contributed by atoms with E-state index in [2.05, 4.69) is 20.9 Å². The van der Waals surface area contributed by atoms with Crippen LogP contribution in [0.15, 0.2) is 48.5 Å². The van der Waals surface area contributed by atoms with Crippen molar-refractivity contribution in [3.05, 3.63) is 65.5 Å². The summed E-state index contributed by atoms with van der Waals surface area (Å²) in [6, 6.07) is 13.5. The molecule has 0 fully saturated rings. The van der Waals surface area contributed by atoms with Gasteiger partial charge >= 0.3 is 6.18 Å². The van der Waals surface area contributed by atoms with Crippen molar-refractivity contribution in [3.8, 4) is 0 Å². The van der Waals surface area contributed by atoms with Crippen LogP contribution in [0.5, 0.6) is 0 Å². The summed E-state index contributed by atoms with van der Waals surface area (Å²) in [6.45, 7) is 0. The minimum Gasteiger partial charge on any atom is -0.248 e. The summed E-state index contributed by atoms with van der Waals surface area (Å²) in [5.41, 5.74) is 0.583. The van der Waals surface area contributed by atoms with E-state index in [1.807, 2.05) is 30.3 Å². The fourth-order valence-corrected chi connectivity index (χ4v) is 2.35. The first kappa shape index (κ1) is 14.1. The summed E-state index contributed by atoms with van der Waals surface area (Å²) >= 11 is 3.48. The number of hydrogen-bond donors (Lipinski definition) is 0. The lowest BCUT2D eigenvalue weighted by Crippen LogP contribution is -2.09. The molecule has 0 bridgehead atoms. The van der Waals surface area contributed by atoms with Crippen LogP contribution in [0.3, 0.4) is 0 Å². The lowest BCUT2D eigenvalue weighted by Gasteiger charge is -2.11. The number of hydrogen-bond acceptors (Lipinski definition) is 1. The molecule has 0 saturated carbocycles. The van der Waals surface area contributed by atoms with Gasteiger partial charge in [-0.3, -0.25) is 0 Å². The van der Waals surface area contributed by atoms with Gasteiger partial charge in [0.05, 0.1) is 0 Å². The van der Waals surface area contributed by atoms with Gasteiger partial charge < -0.3 is 0 Å². The standard InChI is InChI=1S/C14H11BrF3N/c15-12(10-5-2-1-3-6-10)9-11-7-4-8-13(19-11)14(16,17)18/h1-8,12H,9H2. The van der Waals surface area contributed by atoms with Crippen LogP contribution < -0.4 is 0 Å². The fourth-order valence-electron chi connectivity index (χ4n) is 1.71. The number of alkyl halides is 4. The highest BCUT2D eigenvalue weighted by molar-refractivity contribution is 9.09. The summed E-state index contributed by atoms with van der Waals surface area (Å²) in [7, 11) is 0. The number of halogens is 4. The van der Waals surface area contributed by atoms with Gasteiger partial charge in [0.1, 0.15) is 5.69 Å². The first-order valence-electron chi connectivity index (χ1n) is 5.69. The monoisotopic (exact) mass is 329 g/mol. The number of pyridine rings is 1. The lowest BCUT2D eigenvalue weighted by molar-refractivity contribution is -0.141. The Morgan fingerprint density at radius 2 is 1.68 bits per heavy atom. The minimum atomic E-state index is -4.40. The molecule has 0 N–H and O–H groups in total. The van der Waals surface area contributed by atoms with E-state index < -0.39 is 11.9 Å². The second kappa shape index (κ2) is 5.74. The normalized spacial score (nSPS) is 13.3. The van der Waals surface area contributed by atoms with E-state index in [1.54, 1.807) is 6.07 Å². The molecule has 0 amide bonds. The van der Waals surface area contributed by atoms with Crippen molar-refractivity contribution in [1.82, 2.24) is 4.98 Å². The van der Waals surface area contributed by atoms with Crippen LogP contribution in [0.1, 0.15) is 21.8 Å². The smallest absolute Gasteiger partial charge is 0.248 e. The highest BCUT2D eigenvalue weighted by Crippen LogP contribution is 2.30. The average molecular weight is 330 g/mol. The molecule has 5 heteroatoms. The molecular weight excluding hydrogens is 319 g/mol. The van der Waals surface area contributed by atoms with Crippen LogP contribution in [0.25, 0.3) is 0 Å². The van der Waals surface area contributed by atoms with Gasteiger partial charge in [-0.2, -0.15) is 13.2 Å². The van der Waals surface area contributed by atoms with E-state index in [9.17, 15) is 13.2 Å². The summed E-state index contributed by atoms with van der Waals surface area (Å²) in [5.74, 6) is 0. The van der Waals surface area contributed by atoms with Crippen LogP contribution in [0, 0.1) is 0 Å². The fraction of sp³-hybridized carbons (Fsp3) is 0.214. The maximum absolute atomic E-state index is 12.6. The third kappa shape index (κ3) is 3.80. The molecule has 100 valence electrons. The second-order valence-corrected chi connectivity index (χ2v) is 5.20. The molecule has 2 aromatic rings. The van der Waals surface area contributed by atoms with E-state index in [0.29, 0.717) is 12.1 Å². The zero-order valence-corrected chi connectivity index (χ0v) is 11.4. The van der Waals surface area contributed by atoms with Crippen molar-refractivity contribution in [2.75, 3.05) is 0 Å². The van der Waals surface area contributed by atoms with Crippen molar-refractivity contribution in [2.24, 2.45) is 0 Å². The third-order valence-corrected chi connectivity index (χ3v) is 3.50. The molecule has 1 aromatic heterocycles. The molecule has 0 spiro atoms. The molecule has 0 radical (unpaired) electrons. The van der Waals surface area contributed by atoms with E-state index in [-0.39, 0.29) is 4.83 Å². The average Bonchev–Trinajstić information content (AvgIpc) is 2.39. The topological polar surface area (TPSA) is 12.9 Å². The Kier molecular flexibility index (Phi) is 4.24. The quantitative estimate of drug-likeness (QED) is 0.738. The van der Waals surface area contributed by atoms with Crippen molar-refractivity contribution in [3.63, 3.8) is 0 Å². The van der Waals surface area contributed by atoms with Gasteiger partial charge in [-0.25, -0.2) is 4.98 Å². The van der Waals surface area contributed by atoms with Crippen LogP contribution in [-0.4, -0.2) is 4.98 Å². The maximum atomic E-state index is 12.6. The highest BCUT2D eigenvalue weighted by Gasteiger charge is 2.32. The third-order valence-electron chi connectivity index (χ3n) is 2.65. The van der Waals surface area contributed by atoms with Crippen LogP contribution in [0.4, 0.5) is 13.2 Å².